The molecule has 0 N–H and O–H groups in total. The summed E-state index contributed by atoms with van der Waals surface area (Å²) in [4.78, 5) is 2.41. The maximum absolute atomic E-state index is 3.22. The largest absolute Gasteiger partial charge is 0.292 e. The minimum Gasteiger partial charge on any atom is -0.292 e. The minimum absolute atomic E-state index is 0. The van der Waals surface area contributed by atoms with E-state index in [0.29, 0.717) is 0 Å². The van der Waals surface area contributed by atoms with E-state index in [0.717, 1.165) is 12.1 Å². The number of likely N-dealkylation sites (tertiary alicyclic amines) is 1. The average Bonchev–Trinajstić information content (AvgIpc) is 2.72. The molecule has 1 aliphatic rings. The third kappa shape index (κ3) is 3.95. The van der Waals surface area contributed by atoms with Crippen molar-refractivity contribution in [3.05, 3.63) is 35.9 Å². The molecule has 0 bridgehead atoms. The normalized spacial score (nSPS) is 15.2. The van der Waals surface area contributed by atoms with Crippen LogP contribution in [0.2, 0.25) is 0 Å². The molecule has 0 spiro atoms. The molecule has 1 fully saturated rings. The van der Waals surface area contributed by atoms with Gasteiger partial charge in [-0.3, -0.25) is 4.90 Å². The molecule has 0 aromatic heterocycles. The lowest BCUT2D eigenvalue weighted by Crippen LogP contribution is -2.18. The highest BCUT2D eigenvalue weighted by atomic mass is 35.5. The van der Waals surface area contributed by atoms with Gasteiger partial charge in [0, 0.05) is 5.56 Å². The van der Waals surface area contributed by atoms with Gasteiger partial charge in [-0.15, -0.1) is 12.4 Å². The van der Waals surface area contributed by atoms with E-state index >= 15 is 0 Å². The summed E-state index contributed by atoms with van der Waals surface area (Å²) in [6, 6.07) is 10.2. The van der Waals surface area contributed by atoms with Crippen LogP contribution in [0.4, 0.5) is 0 Å². The lowest BCUT2D eigenvalue weighted by atomic mass is 10.2. The fourth-order valence-corrected chi connectivity index (χ4v) is 1.72. The number of rotatable bonds is 1. The van der Waals surface area contributed by atoms with Gasteiger partial charge in [0.05, 0.1) is 6.54 Å². The fourth-order valence-electron chi connectivity index (χ4n) is 1.72. The number of halogens is 1. The predicted molar refractivity (Wildman–Crippen MR) is 66.2 cm³/mol. The summed E-state index contributed by atoms with van der Waals surface area (Å²) in [5.41, 5.74) is 1.12. The van der Waals surface area contributed by atoms with Gasteiger partial charge in [0.2, 0.25) is 0 Å². The Morgan fingerprint density at radius 1 is 1.07 bits per heavy atom. The van der Waals surface area contributed by atoms with Crippen molar-refractivity contribution in [2.75, 3.05) is 19.6 Å². The molecule has 0 saturated carbocycles. The molecule has 0 unspecified atom stereocenters. The first kappa shape index (κ1) is 12.1. The maximum atomic E-state index is 3.22. The summed E-state index contributed by atoms with van der Waals surface area (Å²) in [6.45, 7) is 3.38. The molecule has 15 heavy (non-hydrogen) atoms. The summed E-state index contributed by atoms with van der Waals surface area (Å²) >= 11 is 0. The van der Waals surface area contributed by atoms with Gasteiger partial charge < -0.3 is 0 Å². The van der Waals surface area contributed by atoms with Gasteiger partial charge in [-0.2, -0.15) is 0 Å². The Morgan fingerprint density at radius 2 is 1.73 bits per heavy atom. The van der Waals surface area contributed by atoms with Crippen LogP contribution in [0.3, 0.4) is 0 Å². The van der Waals surface area contributed by atoms with E-state index in [2.05, 4.69) is 28.9 Å². The van der Waals surface area contributed by atoms with Gasteiger partial charge in [0.1, 0.15) is 0 Å². The predicted octanol–water partition coefficient (Wildman–Crippen LogP) is 2.56. The Morgan fingerprint density at radius 3 is 2.40 bits per heavy atom. The van der Waals surface area contributed by atoms with Gasteiger partial charge in [0.15, 0.2) is 0 Å². The zero-order valence-corrected chi connectivity index (χ0v) is 9.59. The lowest BCUT2D eigenvalue weighted by Gasteiger charge is -2.08. The van der Waals surface area contributed by atoms with Crippen LogP contribution in [0.25, 0.3) is 0 Å². The van der Waals surface area contributed by atoms with Gasteiger partial charge >= 0.3 is 0 Å². The summed E-state index contributed by atoms with van der Waals surface area (Å²) in [7, 11) is 0. The zero-order valence-electron chi connectivity index (χ0n) is 8.78. The minimum atomic E-state index is 0. The van der Waals surface area contributed by atoms with Crippen molar-refractivity contribution in [1.82, 2.24) is 4.90 Å². The molecule has 1 aromatic carbocycles. The molecule has 1 aliphatic heterocycles. The van der Waals surface area contributed by atoms with E-state index in [1.165, 1.54) is 25.9 Å². The topological polar surface area (TPSA) is 3.24 Å². The third-order valence-corrected chi connectivity index (χ3v) is 2.51. The molecule has 2 heteroatoms. The van der Waals surface area contributed by atoms with Crippen LogP contribution in [0.1, 0.15) is 18.4 Å². The van der Waals surface area contributed by atoms with E-state index in [1.54, 1.807) is 0 Å². The summed E-state index contributed by atoms with van der Waals surface area (Å²) in [5, 5.41) is 0. The first-order chi connectivity index (χ1) is 6.95. The first-order valence-corrected chi connectivity index (χ1v) is 5.21. The van der Waals surface area contributed by atoms with Crippen LogP contribution < -0.4 is 0 Å². The van der Waals surface area contributed by atoms with Crippen molar-refractivity contribution >= 4 is 12.4 Å². The lowest BCUT2D eigenvalue weighted by molar-refractivity contribution is 0.383. The Hall–Kier alpha value is -0.970. The molecule has 0 radical (unpaired) electrons. The van der Waals surface area contributed by atoms with Crippen molar-refractivity contribution in [2.45, 2.75) is 12.8 Å². The SMILES string of the molecule is C(#Cc1ccccc1)CN1CCCC1.Cl. The second-order valence-corrected chi connectivity index (χ2v) is 3.65. The maximum Gasteiger partial charge on any atom is 0.0605 e. The monoisotopic (exact) mass is 221 g/mol. The van der Waals surface area contributed by atoms with Gasteiger partial charge in [-0.1, -0.05) is 30.0 Å². The van der Waals surface area contributed by atoms with E-state index < -0.39 is 0 Å². The van der Waals surface area contributed by atoms with Crippen molar-refractivity contribution in [1.29, 1.82) is 0 Å². The molecular weight excluding hydrogens is 206 g/mol. The van der Waals surface area contributed by atoms with Crippen molar-refractivity contribution in [3.8, 4) is 11.8 Å². The van der Waals surface area contributed by atoms with Crippen LogP contribution >= 0.6 is 12.4 Å². The second-order valence-electron chi connectivity index (χ2n) is 3.65. The van der Waals surface area contributed by atoms with Crippen molar-refractivity contribution < 1.29 is 0 Å². The van der Waals surface area contributed by atoms with Crippen molar-refractivity contribution in [2.24, 2.45) is 0 Å². The summed E-state index contributed by atoms with van der Waals surface area (Å²) in [6.07, 6.45) is 2.68. The van der Waals surface area contributed by atoms with Crippen LogP contribution in [-0.2, 0) is 0 Å². The highest BCUT2D eigenvalue weighted by Crippen LogP contribution is 2.05. The van der Waals surface area contributed by atoms with Crippen LogP contribution in [-0.4, -0.2) is 24.5 Å². The molecular formula is C13H16ClN. The summed E-state index contributed by atoms with van der Waals surface area (Å²) < 4.78 is 0. The molecule has 0 amide bonds. The molecule has 80 valence electrons. The van der Waals surface area contributed by atoms with Gasteiger partial charge in [0.25, 0.3) is 0 Å². The number of hydrogen-bond acceptors (Lipinski definition) is 1. The second kappa shape index (κ2) is 6.50. The van der Waals surface area contributed by atoms with Crippen LogP contribution in [0.15, 0.2) is 30.3 Å². The Balaban J connectivity index is 0.00000112. The molecule has 1 heterocycles. The van der Waals surface area contributed by atoms with Crippen LogP contribution in [0, 0.1) is 11.8 Å². The van der Waals surface area contributed by atoms with E-state index in [1.807, 2.05) is 18.2 Å². The van der Waals surface area contributed by atoms with E-state index in [9.17, 15) is 0 Å². The number of hydrogen-bond donors (Lipinski definition) is 0. The quantitative estimate of drug-likeness (QED) is 0.659. The number of nitrogens with zero attached hydrogens (tertiary/aromatic N) is 1. The van der Waals surface area contributed by atoms with E-state index in [-0.39, 0.29) is 12.4 Å². The smallest absolute Gasteiger partial charge is 0.0605 e. The Labute approximate surface area is 97.9 Å². The highest BCUT2D eigenvalue weighted by molar-refractivity contribution is 5.85. The molecule has 1 aromatic rings. The molecule has 0 aliphatic carbocycles. The average molecular weight is 222 g/mol. The van der Waals surface area contributed by atoms with E-state index in [4.69, 9.17) is 0 Å². The third-order valence-electron chi connectivity index (χ3n) is 2.51. The highest BCUT2D eigenvalue weighted by Gasteiger charge is 2.08. The standard InChI is InChI=1S/C13H15N.ClH/c1-2-7-13(8-3-1)9-6-12-14-10-4-5-11-14;/h1-3,7-8H,4-5,10-12H2;1H. The zero-order chi connectivity index (χ0) is 9.64. The molecule has 2 rings (SSSR count). The Kier molecular flexibility index (Phi) is 5.25. The van der Waals surface area contributed by atoms with Crippen molar-refractivity contribution in [3.63, 3.8) is 0 Å². The Bertz CT molecular complexity index is 331. The molecule has 0 atom stereocenters. The van der Waals surface area contributed by atoms with Crippen LogP contribution in [0.5, 0.6) is 0 Å². The first-order valence-electron chi connectivity index (χ1n) is 5.21. The fraction of sp³-hybridized carbons (Fsp3) is 0.385. The number of benzene rings is 1. The molecule has 1 nitrogen and oxygen atoms in total. The molecule has 1 saturated heterocycles. The summed E-state index contributed by atoms with van der Waals surface area (Å²) in [5.74, 6) is 6.40. The van der Waals surface area contributed by atoms with Gasteiger partial charge in [-0.05, 0) is 38.1 Å². The van der Waals surface area contributed by atoms with Gasteiger partial charge in [-0.25, -0.2) is 0 Å².